The van der Waals surface area contributed by atoms with E-state index in [1.54, 1.807) is 24.3 Å². The quantitative estimate of drug-likeness (QED) is 0.792. The van der Waals surface area contributed by atoms with Crippen molar-refractivity contribution in [3.05, 3.63) is 65.7 Å². The molecule has 0 saturated carbocycles. The molecule has 3 heteroatoms. The van der Waals surface area contributed by atoms with Gasteiger partial charge in [0.15, 0.2) is 9.84 Å². The Bertz CT molecular complexity index is 639. The van der Waals surface area contributed by atoms with Crippen LogP contribution in [-0.2, 0) is 9.84 Å². The molecule has 2 aromatic rings. The lowest BCUT2D eigenvalue weighted by Gasteiger charge is -1.98. The average molecular weight is 258 g/mol. The molecule has 2 nitrogen and oxygen atoms in total. The van der Waals surface area contributed by atoms with Gasteiger partial charge in [-0.1, -0.05) is 54.6 Å². The van der Waals surface area contributed by atoms with Crippen LogP contribution < -0.4 is 0 Å². The fourth-order valence-corrected chi connectivity index (χ4v) is 2.21. The van der Waals surface area contributed by atoms with Gasteiger partial charge in [-0.15, -0.1) is 0 Å². The van der Waals surface area contributed by atoms with Crippen LogP contribution >= 0.6 is 0 Å². The van der Waals surface area contributed by atoms with Gasteiger partial charge in [0.25, 0.3) is 0 Å². The second kappa shape index (κ2) is 5.19. The summed E-state index contributed by atoms with van der Waals surface area (Å²) in [5, 5.41) is 0. The zero-order valence-corrected chi connectivity index (χ0v) is 10.9. The van der Waals surface area contributed by atoms with Gasteiger partial charge in [0.1, 0.15) is 0 Å². The van der Waals surface area contributed by atoms with E-state index in [-0.39, 0.29) is 0 Å². The van der Waals surface area contributed by atoms with Gasteiger partial charge in [0, 0.05) is 6.26 Å². The van der Waals surface area contributed by atoms with Crippen molar-refractivity contribution in [2.45, 2.75) is 4.90 Å². The molecule has 0 aromatic heterocycles. The molecule has 0 N–H and O–H groups in total. The van der Waals surface area contributed by atoms with E-state index in [0.29, 0.717) is 4.90 Å². The molecule has 0 amide bonds. The zero-order valence-electron chi connectivity index (χ0n) is 10.1. The molecule has 18 heavy (non-hydrogen) atoms. The molecule has 0 bridgehead atoms. The molecule has 2 rings (SSSR count). The zero-order chi connectivity index (χ0) is 13.0. The standard InChI is InChI=1S/C15H14O2S/c1-18(16,17)15-11-9-14(10-12-15)8-7-13-5-3-2-4-6-13/h2-12H,1H3. The predicted molar refractivity (Wildman–Crippen MR) is 74.9 cm³/mol. The lowest BCUT2D eigenvalue weighted by molar-refractivity contribution is 0.602. The molecule has 0 aliphatic heterocycles. The fourth-order valence-electron chi connectivity index (χ4n) is 1.58. The first-order valence-electron chi connectivity index (χ1n) is 5.59. The molecule has 0 saturated heterocycles. The van der Waals surface area contributed by atoms with Gasteiger partial charge in [-0.3, -0.25) is 0 Å². The summed E-state index contributed by atoms with van der Waals surface area (Å²) in [7, 11) is -3.11. The minimum absolute atomic E-state index is 0.347. The van der Waals surface area contributed by atoms with E-state index < -0.39 is 9.84 Å². The summed E-state index contributed by atoms with van der Waals surface area (Å²) in [5.41, 5.74) is 2.09. The first kappa shape index (κ1) is 12.6. The van der Waals surface area contributed by atoms with Gasteiger partial charge in [0.2, 0.25) is 0 Å². The highest BCUT2D eigenvalue weighted by Crippen LogP contribution is 2.12. The minimum Gasteiger partial charge on any atom is -0.224 e. The summed E-state index contributed by atoms with van der Waals surface area (Å²) >= 11 is 0. The highest BCUT2D eigenvalue weighted by Gasteiger charge is 2.04. The molecule has 92 valence electrons. The normalized spacial score (nSPS) is 11.8. The van der Waals surface area contributed by atoms with Crippen LogP contribution in [-0.4, -0.2) is 14.7 Å². The average Bonchev–Trinajstić information content (AvgIpc) is 2.37. The number of rotatable bonds is 3. The van der Waals surface area contributed by atoms with Crippen LogP contribution in [0.4, 0.5) is 0 Å². The van der Waals surface area contributed by atoms with Crippen molar-refractivity contribution in [3.8, 4) is 0 Å². The maximum Gasteiger partial charge on any atom is 0.175 e. The van der Waals surface area contributed by atoms with Crippen LogP contribution in [0.3, 0.4) is 0 Å². The Morgan fingerprint density at radius 3 is 1.78 bits per heavy atom. The largest absolute Gasteiger partial charge is 0.224 e. The second-order valence-electron chi connectivity index (χ2n) is 4.09. The van der Waals surface area contributed by atoms with E-state index in [0.717, 1.165) is 11.1 Å². The highest BCUT2D eigenvalue weighted by atomic mass is 32.2. The number of hydrogen-bond acceptors (Lipinski definition) is 2. The van der Waals surface area contributed by atoms with Crippen LogP contribution in [0.1, 0.15) is 11.1 Å². The van der Waals surface area contributed by atoms with Crippen molar-refractivity contribution in [1.29, 1.82) is 0 Å². The molecule has 0 aliphatic rings. The van der Waals surface area contributed by atoms with E-state index in [2.05, 4.69) is 0 Å². The topological polar surface area (TPSA) is 34.1 Å². The Kier molecular flexibility index (Phi) is 3.63. The Hall–Kier alpha value is -1.87. The van der Waals surface area contributed by atoms with Crippen LogP contribution in [0.2, 0.25) is 0 Å². The van der Waals surface area contributed by atoms with E-state index >= 15 is 0 Å². The molecule has 0 fully saturated rings. The lowest BCUT2D eigenvalue weighted by atomic mass is 10.1. The smallest absolute Gasteiger partial charge is 0.175 e. The predicted octanol–water partition coefficient (Wildman–Crippen LogP) is 3.26. The number of hydrogen-bond donors (Lipinski definition) is 0. The molecular weight excluding hydrogens is 244 g/mol. The Morgan fingerprint density at radius 1 is 0.778 bits per heavy atom. The van der Waals surface area contributed by atoms with Crippen molar-refractivity contribution in [1.82, 2.24) is 0 Å². The third kappa shape index (κ3) is 3.31. The van der Waals surface area contributed by atoms with E-state index in [1.807, 2.05) is 42.5 Å². The Balaban J connectivity index is 2.19. The van der Waals surface area contributed by atoms with Gasteiger partial charge in [-0.2, -0.15) is 0 Å². The van der Waals surface area contributed by atoms with Gasteiger partial charge in [0.05, 0.1) is 4.90 Å². The van der Waals surface area contributed by atoms with Crippen LogP contribution in [0, 0.1) is 0 Å². The van der Waals surface area contributed by atoms with E-state index in [1.165, 1.54) is 6.26 Å². The molecule has 0 radical (unpaired) electrons. The first-order valence-corrected chi connectivity index (χ1v) is 7.48. The maximum absolute atomic E-state index is 11.3. The molecular formula is C15H14O2S. The molecule has 0 atom stereocenters. The Labute approximate surface area is 108 Å². The van der Waals surface area contributed by atoms with Gasteiger partial charge in [-0.25, -0.2) is 8.42 Å². The summed E-state index contributed by atoms with van der Waals surface area (Å²) in [4.78, 5) is 0.347. The monoisotopic (exact) mass is 258 g/mol. The number of sulfone groups is 1. The summed E-state index contributed by atoms with van der Waals surface area (Å²) in [6, 6.07) is 16.8. The second-order valence-corrected chi connectivity index (χ2v) is 6.10. The van der Waals surface area contributed by atoms with Crippen molar-refractivity contribution in [2.75, 3.05) is 6.26 Å². The summed E-state index contributed by atoms with van der Waals surface area (Å²) in [6.07, 6.45) is 5.17. The van der Waals surface area contributed by atoms with Crippen LogP contribution in [0.5, 0.6) is 0 Å². The Morgan fingerprint density at radius 2 is 1.28 bits per heavy atom. The third-order valence-electron chi connectivity index (χ3n) is 2.58. The molecule has 0 unspecified atom stereocenters. The summed E-state index contributed by atoms with van der Waals surface area (Å²) in [6.45, 7) is 0. The van der Waals surface area contributed by atoms with Gasteiger partial charge in [-0.05, 0) is 23.3 Å². The van der Waals surface area contributed by atoms with Crippen molar-refractivity contribution >= 4 is 22.0 Å². The fraction of sp³-hybridized carbons (Fsp3) is 0.0667. The van der Waals surface area contributed by atoms with Crippen LogP contribution in [0.15, 0.2) is 59.5 Å². The van der Waals surface area contributed by atoms with Crippen molar-refractivity contribution in [3.63, 3.8) is 0 Å². The molecule has 0 heterocycles. The first-order chi connectivity index (χ1) is 8.55. The summed E-state index contributed by atoms with van der Waals surface area (Å²) < 4.78 is 22.6. The molecule has 0 spiro atoms. The van der Waals surface area contributed by atoms with Crippen LogP contribution in [0.25, 0.3) is 12.2 Å². The molecule has 2 aromatic carbocycles. The summed E-state index contributed by atoms with van der Waals surface area (Å²) in [5.74, 6) is 0. The van der Waals surface area contributed by atoms with Gasteiger partial charge >= 0.3 is 0 Å². The highest BCUT2D eigenvalue weighted by molar-refractivity contribution is 7.90. The van der Waals surface area contributed by atoms with Gasteiger partial charge < -0.3 is 0 Å². The minimum atomic E-state index is -3.11. The lowest BCUT2D eigenvalue weighted by Crippen LogP contribution is -1.95. The van der Waals surface area contributed by atoms with Crippen molar-refractivity contribution in [2.24, 2.45) is 0 Å². The van der Waals surface area contributed by atoms with Crippen molar-refractivity contribution < 1.29 is 8.42 Å². The number of benzene rings is 2. The molecule has 0 aliphatic carbocycles. The maximum atomic E-state index is 11.3. The van der Waals surface area contributed by atoms with E-state index in [4.69, 9.17) is 0 Å². The third-order valence-corrected chi connectivity index (χ3v) is 3.70. The van der Waals surface area contributed by atoms with E-state index in [9.17, 15) is 8.42 Å². The SMILES string of the molecule is CS(=O)(=O)c1ccc(C=Cc2ccccc2)cc1.